The second-order valence-electron chi connectivity index (χ2n) is 11.5. The minimum Gasteiger partial charge on any atom is -0.460 e. The summed E-state index contributed by atoms with van der Waals surface area (Å²) in [5.74, 6) is 0.265. The van der Waals surface area contributed by atoms with E-state index in [2.05, 4.69) is 25.7 Å². The van der Waals surface area contributed by atoms with Crippen molar-refractivity contribution in [2.45, 2.75) is 117 Å². The lowest BCUT2D eigenvalue weighted by Crippen LogP contribution is -2.36. The zero-order chi connectivity index (χ0) is 26.0. The summed E-state index contributed by atoms with van der Waals surface area (Å²) in [4.78, 5) is 12.2. The molecule has 1 N–H and O–H groups in total. The van der Waals surface area contributed by atoms with Gasteiger partial charge in [0, 0.05) is 10.5 Å². The largest absolute Gasteiger partial charge is 0.460 e. The Hall–Kier alpha value is -1.35. The predicted octanol–water partition coefficient (Wildman–Crippen LogP) is 7.30. The van der Waals surface area contributed by atoms with Crippen molar-refractivity contribution >= 4 is 5.97 Å². The van der Waals surface area contributed by atoms with E-state index in [1.54, 1.807) is 0 Å². The van der Waals surface area contributed by atoms with Crippen molar-refractivity contribution in [3.8, 4) is 0 Å². The third-order valence-electron chi connectivity index (χ3n) is 7.89. The van der Waals surface area contributed by atoms with Gasteiger partial charge in [-0.1, -0.05) is 43.7 Å². The molecular weight excluding hydrogens is 396 g/mol. The normalized spacial score (nSPS) is 36.3. The van der Waals surface area contributed by atoms with Crippen molar-refractivity contribution in [3.63, 3.8) is 0 Å². The highest BCUT2D eigenvalue weighted by atomic mass is 16.6. The van der Waals surface area contributed by atoms with E-state index < -0.39 is 17.9 Å². The quantitative estimate of drug-likeness (QED) is 0.436. The van der Waals surface area contributed by atoms with E-state index in [9.17, 15) is 9.90 Å². The zero-order valence-corrected chi connectivity index (χ0v) is 20.7. The summed E-state index contributed by atoms with van der Waals surface area (Å²) < 4.78 is 31.4. The van der Waals surface area contributed by atoms with E-state index >= 15 is 0 Å². The first-order chi connectivity index (χ1) is 16.2. The van der Waals surface area contributed by atoms with Gasteiger partial charge in [-0.2, -0.15) is 0 Å². The Morgan fingerprint density at radius 1 is 1.31 bits per heavy atom. The molecule has 5 atom stereocenters. The minimum absolute atomic E-state index is 0.0701. The molecule has 3 rings (SSSR count). The van der Waals surface area contributed by atoms with Crippen LogP contribution in [0, 0.1) is 23.2 Å². The number of aliphatic hydroxyl groups excluding tert-OH is 1. The van der Waals surface area contributed by atoms with Gasteiger partial charge >= 0.3 is 5.97 Å². The maximum atomic E-state index is 12.2. The summed E-state index contributed by atoms with van der Waals surface area (Å²) in [5, 5.41) is 10.1. The van der Waals surface area contributed by atoms with Crippen LogP contribution in [-0.2, 0) is 9.53 Å². The van der Waals surface area contributed by atoms with Crippen LogP contribution in [0.3, 0.4) is 0 Å². The molecule has 3 fully saturated rings. The maximum Gasteiger partial charge on any atom is 0.306 e. The van der Waals surface area contributed by atoms with Gasteiger partial charge in [0.2, 0.25) is 0 Å². The Labute approximate surface area is 200 Å². The molecule has 3 saturated carbocycles. The van der Waals surface area contributed by atoms with Crippen LogP contribution >= 0.6 is 0 Å². The average Bonchev–Trinajstić information content (AvgIpc) is 3.14. The van der Waals surface area contributed by atoms with E-state index in [0.29, 0.717) is 12.8 Å². The summed E-state index contributed by atoms with van der Waals surface area (Å²) in [6.45, 7) is 9.98. The van der Waals surface area contributed by atoms with Crippen LogP contribution in [0.25, 0.3) is 0 Å². The van der Waals surface area contributed by atoms with Crippen LogP contribution in [0.2, 0.25) is 0 Å². The molecule has 0 aromatic carbocycles. The lowest BCUT2D eigenvalue weighted by atomic mass is 9.60. The first-order valence-corrected chi connectivity index (χ1v) is 12.7. The van der Waals surface area contributed by atoms with Gasteiger partial charge in [0.15, 0.2) is 0 Å². The first-order valence-electron chi connectivity index (χ1n) is 14.2. The SMILES string of the molecule is [2H]C([2H])([2H])[C@]12CCC/C(=C\C=C3\C[C@@H](O)CCC3=C)[C@@H]1CC[C@@H]2[C@@H](C)CCCC(=O)OC(C)(C)C. The average molecular weight is 446 g/mol. The van der Waals surface area contributed by atoms with Crippen LogP contribution in [0.4, 0.5) is 0 Å². The highest BCUT2D eigenvalue weighted by molar-refractivity contribution is 5.69. The maximum absolute atomic E-state index is 12.2. The molecule has 3 aliphatic carbocycles. The Morgan fingerprint density at radius 2 is 2.09 bits per heavy atom. The Morgan fingerprint density at radius 3 is 2.81 bits per heavy atom. The lowest BCUT2D eigenvalue weighted by molar-refractivity contribution is -0.155. The third kappa shape index (κ3) is 6.16. The summed E-state index contributed by atoms with van der Waals surface area (Å²) in [6.07, 6.45) is 12.6. The highest BCUT2D eigenvalue weighted by Crippen LogP contribution is 2.59. The minimum atomic E-state index is -2.02. The molecular formula is C29H46O3. The first kappa shape index (κ1) is 21.2. The van der Waals surface area contributed by atoms with E-state index in [-0.39, 0.29) is 29.8 Å². The van der Waals surface area contributed by atoms with Crippen LogP contribution in [-0.4, -0.2) is 22.8 Å². The number of aliphatic hydroxyl groups is 1. The van der Waals surface area contributed by atoms with Crippen molar-refractivity contribution in [1.29, 1.82) is 0 Å². The second kappa shape index (κ2) is 10.3. The van der Waals surface area contributed by atoms with Crippen molar-refractivity contribution in [3.05, 3.63) is 35.5 Å². The number of fused-ring (bicyclic) bond motifs is 1. The number of rotatable bonds is 6. The van der Waals surface area contributed by atoms with Gasteiger partial charge in [-0.25, -0.2) is 0 Å². The molecule has 0 aromatic heterocycles. The molecule has 0 spiro atoms. The van der Waals surface area contributed by atoms with Gasteiger partial charge < -0.3 is 9.84 Å². The van der Waals surface area contributed by atoms with Gasteiger partial charge in [0.05, 0.1) is 6.10 Å². The molecule has 0 aromatic rings. The fraction of sp³-hybridized carbons (Fsp3) is 0.759. The number of carbonyl (C=O) groups excluding carboxylic acids is 1. The Bertz CT molecular complexity index is 848. The van der Waals surface area contributed by atoms with E-state index in [0.717, 1.165) is 68.9 Å². The van der Waals surface area contributed by atoms with Gasteiger partial charge in [0.1, 0.15) is 5.60 Å². The number of allylic oxidation sites excluding steroid dienone is 4. The Kier molecular flexibility index (Phi) is 6.81. The number of hydrogen-bond acceptors (Lipinski definition) is 3. The topological polar surface area (TPSA) is 46.5 Å². The molecule has 32 heavy (non-hydrogen) atoms. The van der Waals surface area contributed by atoms with E-state index in [4.69, 9.17) is 8.85 Å². The van der Waals surface area contributed by atoms with Gasteiger partial charge in [-0.15, -0.1) is 0 Å². The van der Waals surface area contributed by atoms with Crippen molar-refractivity contribution in [1.82, 2.24) is 0 Å². The smallest absolute Gasteiger partial charge is 0.306 e. The number of ether oxygens (including phenoxy) is 1. The standard InChI is InChI=1S/C29H46O3/c1-20-12-15-24(30)19-23(20)14-13-22-10-8-18-29(6)25(16-17-26(22)29)21(2)9-7-11-27(31)32-28(3,4)5/h13-14,21,24-26,30H,1,7-12,15-19H2,2-6H3/b22-13+,23-14-/t21-,24-,25+,26-,29+/m0/s1/i6D3. The molecule has 0 unspecified atom stereocenters. The molecule has 3 aliphatic rings. The zero-order valence-electron chi connectivity index (χ0n) is 23.7. The highest BCUT2D eigenvalue weighted by Gasteiger charge is 2.50. The van der Waals surface area contributed by atoms with Crippen LogP contribution in [0.15, 0.2) is 35.5 Å². The van der Waals surface area contributed by atoms with Crippen molar-refractivity contribution in [2.75, 3.05) is 0 Å². The lowest BCUT2D eigenvalue weighted by Gasteiger charge is -2.44. The summed E-state index contributed by atoms with van der Waals surface area (Å²) in [7, 11) is 0. The van der Waals surface area contributed by atoms with Gasteiger partial charge in [0.25, 0.3) is 0 Å². The number of carbonyl (C=O) groups is 1. The number of esters is 1. The van der Waals surface area contributed by atoms with Crippen LogP contribution in [0.5, 0.6) is 0 Å². The molecule has 3 nitrogen and oxygen atoms in total. The van der Waals surface area contributed by atoms with Crippen molar-refractivity contribution < 1.29 is 18.8 Å². The summed E-state index contributed by atoms with van der Waals surface area (Å²) in [6, 6.07) is 0. The molecule has 0 aliphatic heterocycles. The second-order valence-corrected chi connectivity index (χ2v) is 11.5. The molecule has 0 saturated heterocycles. The fourth-order valence-electron chi connectivity index (χ4n) is 6.30. The molecule has 0 bridgehead atoms. The van der Waals surface area contributed by atoms with Gasteiger partial charge in [-0.05, 0) is 114 Å². The molecule has 0 heterocycles. The van der Waals surface area contributed by atoms with E-state index in [1.807, 2.05) is 20.8 Å². The molecule has 3 heteroatoms. The van der Waals surface area contributed by atoms with Crippen molar-refractivity contribution in [2.24, 2.45) is 23.2 Å². The molecule has 180 valence electrons. The predicted molar refractivity (Wildman–Crippen MR) is 132 cm³/mol. The summed E-state index contributed by atoms with van der Waals surface area (Å²) in [5.41, 5.74) is 2.29. The molecule has 0 amide bonds. The van der Waals surface area contributed by atoms with E-state index in [1.165, 1.54) is 5.57 Å². The van der Waals surface area contributed by atoms with Crippen LogP contribution in [0.1, 0.15) is 109 Å². The number of hydrogen-bond donors (Lipinski definition) is 1. The summed E-state index contributed by atoms with van der Waals surface area (Å²) >= 11 is 0. The monoisotopic (exact) mass is 445 g/mol. The fourth-order valence-corrected chi connectivity index (χ4v) is 6.30. The third-order valence-corrected chi connectivity index (χ3v) is 7.89. The van der Waals surface area contributed by atoms with Crippen LogP contribution < -0.4 is 0 Å². The Balaban J connectivity index is 1.76. The van der Waals surface area contributed by atoms with Gasteiger partial charge in [-0.3, -0.25) is 4.79 Å². The molecule has 0 radical (unpaired) electrons.